The highest BCUT2D eigenvalue weighted by Gasteiger charge is 2.29. The van der Waals surface area contributed by atoms with Gasteiger partial charge in [-0.05, 0) is 13.0 Å². The molecule has 0 spiro atoms. The molecule has 19 heavy (non-hydrogen) atoms. The first-order valence-electron chi connectivity index (χ1n) is 5.69. The molecule has 2 N–H and O–H groups in total. The minimum absolute atomic E-state index is 0.00920. The number of nitrogens with one attached hydrogen (secondary N) is 1. The number of alkyl halides is 2. The molecule has 2 aromatic rings. The van der Waals surface area contributed by atoms with E-state index in [1.807, 2.05) is 5.32 Å². The quantitative estimate of drug-likeness (QED) is 0.893. The van der Waals surface area contributed by atoms with Crippen LogP contribution >= 0.6 is 0 Å². The minimum Gasteiger partial charge on any atom is -0.451 e. The molecule has 0 aliphatic carbocycles. The van der Waals surface area contributed by atoms with Gasteiger partial charge in [0.2, 0.25) is 0 Å². The lowest BCUT2D eigenvalue weighted by Crippen LogP contribution is -2.39. The van der Waals surface area contributed by atoms with Crippen molar-refractivity contribution >= 4 is 16.9 Å². The van der Waals surface area contributed by atoms with Crippen molar-refractivity contribution < 1.29 is 23.1 Å². The summed E-state index contributed by atoms with van der Waals surface area (Å²) in [5.41, 5.74) is 1.12. The molecule has 1 heterocycles. The predicted octanol–water partition coefficient (Wildman–Crippen LogP) is 2.10. The van der Waals surface area contributed by atoms with E-state index in [1.165, 1.54) is 0 Å². The molecular formula is C13H13F2NO3. The van der Waals surface area contributed by atoms with E-state index in [0.29, 0.717) is 11.1 Å². The maximum absolute atomic E-state index is 12.8. The van der Waals surface area contributed by atoms with Crippen LogP contribution in [0.4, 0.5) is 8.78 Å². The molecule has 0 aliphatic heterocycles. The van der Waals surface area contributed by atoms with E-state index in [2.05, 4.69) is 0 Å². The maximum Gasteiger partial charge on any atom is 0.287 e. The number of para-hydroxylation sites is 1. The van der Waals surface area contributed by atoms with Crippen LogP contribution in [0.2, 0.25) is 0 Å². The van der Waals surface area contributed by atoms with Crippen LogP contribution < -0.4 is 5.32 Å². The zero-order chi connectivity index (χ0) is 14.0. The summed E-state index contributed by atoms with van der Waals surface area (Å²) in [7, 11) is 0. The number of carbonyl (C=O) groups is 1. The Balaban J connectivity index is 2.20. The monoisotopic (exact) mass is 269 g/mol. The Morgan fingerprint density at radius 2 is 2.11 bits per heavy atom. The van der Waals surface area contributed by atoms with Crippen molar-refractivity contribution in [1.82, 2.24) is 5.32 Å². The number of halogens is 2. The smallest absolute Gasteiger partial charge is 0.287 e. The van der Waals surface area contributed by atoms with E-state index >= 15 is 0 Å². The molecule has 4 nitrogen and oxygen atoms in total. The van der Waals surface area contributed by atoms with E-state index in [-0.39, 0.29) is 5.76 Å². The van der Waals surface area contributed by atoms with Gasteiger partial charge in [-0.1, -0.05) is 18.2 Å². The Morgan fingerprint density at radius 1 is 1.42 bits per heavy atom. The number of aliphatic hydroxyl groups excluding tert-OH is 1. The van der Waals surface area contributed by atoms with Crippen LogP contribution in [0.15, 0.2) is 28.7 Å². The Hall–Kier alpha value is -1.95. The van der Waals surface area contributed by atoms with Gasteiger partial charge in [-0.15, -0.1) is 0 Å². The van der Waals surface area contributed by atoms with Crippen molar-refractivity contribution in [3.8, 4) is 0 Å². The third-order valence-corrected chi connectivity index (χ3v) is 2.79. The van der Waals surface area contributed by atoms with Gasteiger partial charge in [-0.25, -0.2) is 8.78 Å². The van der Waals surface area contributed by atoms with Gasteiger partial charge >= 0.3 is 0 Å². The Labute approximate surface area is 108 Å². The number of fused-ring (bicyclic) bond motifs is 1. The van der Waals surface area contributed by atoms with Crippen molar-refractivity contribution in [3.63, 3.8) is 0 Å². The second-order valence-corrected chi connectivity index (χ2v) is 4.25. The fourth-order valence-corrected chi connectivity index (χ4v) is 1.74. The molecule has 0 aliphatic rings. The standard InChI is InChI=1S/C13H13F2NO3/c1-8-9-4-2-3-5-10(9)19-11(8)12(18)16-6-13(14,15)7-17/h2-5,17H,6-7H2,1H3,(H,16,18). The summed E-state index contributed by atoms with van der Waals surface area (Å²) in [6.07, 6.45) is 0. The fraction of sp³-hybridized carbons (Fsp3) is 0.308. The molecule has 0 atom stereocenters. The summed E-state index contributed by atoms with van der Waals surface area (Å²) in [6.45, 7) is -0.559. The van der Waals surface area contributed by atoms with Crippen LogP contribution in [-0.2, 0) is 0 Å². The number of carbonyl (C=O) groups excluding carboxylic acids is 1. The number of hydrogen-bond donors (Lipinski definition) is 2. The summed E-state index contributed by atoms with van der Waals surface area (Å²) in [4.78, 5) is 11.8. The van der Waals surface area contributed by atoms with Crippen LogP contribution in [0.5, 0.6) is 0 Å². The molecule has 2 rings (SSSR count). The largest absolute Gasteiger partial charge is 0.451 e. The molecule has 1 amide bonds. The highest BCUT2D eigenvalue weighted by molar-refractivity contribution is 5.98. The number of benzene rings is 1. The van der Waals surface area contributed by atoms with Crippen molar-refractivity contribution in [2.75, 3.05) is 13.2 Å². The molecule has 0 unspecified atom stereocenters. The third-order valence-electron chi connectivity index (χ3n) is 2.79. The molecule has 0 saturated heterocycles. The lowest BCUT2D eigenvalue weighted by atomic mass is 10.1. The zero-order valence-electron chi connectivity index (χ0n) is 10.2. The Morgan fingerprint density at radius 3 is 2.74 bits per heavy atom. The van der Waals surface area contributed by atoms with Gasteiger partial charge in [-0.2, -0.15) is 0 Å². The molecule has 0 bridgehead atoms. The van der Waals surface area contributed by atoms with Gasteiger partial charge in [0.05, 0.1) is 6.54 Å². The summed E-state index contributed by atoms with van der Waals surface area (Å²) in [5, 5.41) is 11.2. The normalized spacial score (nSPS) is 11.8. The maximum atomic E-state index is 12.8. The van der Waals surface area contributed by atoms with E-state index in [1.54, 1.807) is 31.2 Å². The van der Waals surface area contributed by atoms with Gasteiger partial charge in [0.15, 0.2) is 5.76 Å². The number of amides is 1. The number of furan rings is 1. The first-order valence-corrected chi connectivity index (χ1v) is 5.69. The molecular weight excluding hydrogens is 256 g/mol. The molecule has 0 radical (unpaired) electrons. The van der Waals surface area contributed by atoms with Gasteiger partial charge in [0, 0.05) is 10.9 Å². The average molecular weight is 269 g/mol. The van der Waals surface area contributed by atoms with Gasteiger partial charge in [-0.3, -0.25) is 4.79 Å². The number of rotatable bonds is 4. The van der Waals surface area contributed by atoms with Gasteiger partial charge in [0.25, 0.3) is 11.8 Å². The molecule has 1 aromatic carbocycles. The Kier molecular flexibility index (Phi) is 3.53. The van der Waals surface area contributed by atoms with E-state index in [9.17, 15) is 13.6 Å². The predicted molar refractivity (Wildman–Crippen MR) is 65.3 cm³/mol. The summed E-state index contributed by atoms with van der Waals surface area (Å²) in [6, 6.07) is 7.04. The summed E-state index contributed by atoms with van der Waals surface area (Å²) >= 11 is 0. The first-order chi connectivity index (χ1) is 8.94. The van der Waals surface area contributed by atoms with Crippen molar-refractivity contribution in [3.05, 3.63) is 35.6 Å². The van der Waals surface area contributed by atoms with E-state index < -0.39 is 25.0 Å². The highest BCUT2D eigenvalue weighted by atomic mass is 19.3. The van der Waals surface area contributed by atoms with Crippen molar-refractivity contribution in [2.24, 2.45) is 0 Å². The summed E-state index contributed by atoms with van der Waals surface area (Å²) in [5.74, 6) is -4.05. The average Bonchev–Trinajstić information content (AvgIpc) is 2.74. The molecule has 0 saturated carbocycles. The third kappa shape index (κ3) is 2.73. The van der Waals surface area contributed by atoms with Gasteiger partial charge < -0.3 is 14.8 Å². The second-order valence-electron chi connectivity index (χ2n) is 4.25. The minimum atomic E-state index is -3.34. The molecule has 0 fully saturated rings. The number of hydrogen-bond acceptors (Lipinski definition) is 3. The highest BCUT2D eigenvalue weighted by Crippen LogP contribution is 2.24. The molecule has 6 heteroatoms. The van der Waals surface area contributed by atoms with Gasteiger partial charge in [0.1, 0.15) is 12.2 Å². The van der Waals surface area contributed by atoms with Crippen LogP contribution in [0.3, 0.4) is 0 Å². The van der Waals surface area contributed by atoms with Crippen LogP contribution in [0.25, 0.3) is 11.0 Å². The van der Waals surface area contributed by atoms with Crippen LogP contribution in [0.1, 0.15) is 16.1 Å². The molecule has 102 valence electrons. The van der Waals surface area contributed by atoms with Crippen molar-refractivity contribution in [2.45, 2.75) is 12.8 Å². The lowest BCUT2D eigenvalue weighted by Gasteiger charge is -2.13. The fourth-order valence-electron chi connectivity index (χ4n) is 1.74. The van der Waals surface area contributed by atoms with E-state index in [0.717, 1.165) is 5.39 Å². The van der Waals surface area contributed by atoms with Crippen molar-refractivity contribution in [1.29, 1.82) is 0 Å². The second kappa shape index (κ2) is 4.97. The number of aliphatic hydroxyl groups is 1. The van der Waals surface area contributed by atoms with Crippen LogP contribution in [-0.4, -0.2) is 30.1 Å². The zero-order valence-corrected chi connectivity index (χ0v) is 10.2. The lowest BCUT2D eigenvalue weighted by molar-refractivity contribution is -0.0463. The SMILES string of the molecule is Cc1c(C(=O)NCC(F)(F)CO)oc2ccccc12. The van der Waals surface area contributed by atoms with Crippen LogP contribution in [0, 0.1) is 6.92 Å². The summed E-state index contributed by atoms with van der Waals surface area (Å²) < 4.78 is 31.0. The topological polar surface area (TPSA) is 62.5 Å². The van der Waals surface area contributed by atoms with E-state index in [4.69, 9.17) is 9.52 Å². The number of aryl methyl sites for hydroxylation is 1. The first kappa shape index (κ1) is 13.5. The Bertz CT molecular complexity index is 607. The molecule has 1 aromatic heterocycles.